The molecule has 6 aromatic rings. The van der Waals surface area contributed by atoms with Gasteiger partial charge < -0.3 is 14.8 Å². The van der Waals surface area contributed by atoms with Crippen molar-refractivity contribution in [2.45, 2.75) is 13.0 Å². The number of carbonyl (C=O) groups excluding carboxylic acids is 1. The largest absolute Gasteiger partial charge is 0.493 e. The number of fused-ring (bicyclic) bond motifs is 1. The standard InChI is InChI=1S/C31H27N7O3/c39-31(33-19-23-4-2-13-32-18-23)24-7-12-30-29(16-24)34-20-38(30)26-5-1-6-28(17-26)41-15-3-14-40-27-10-8-25(9-11-27)37-21-35-36-22-37/h1-2,4-13,16-18,20-22H,3,14-15,19H2,(H,33,39). The fraction of sp³-hybridized carbons (Fsp3) is 0.129. The Morgan fingerprint density at radius 1 is 0.805 bits per heavy atom. The van der Waals surface area contributed by atoms with Crippen molar-refractivity contribution >= 4 is 16.9 Å². The topological polar surface area (TPSA) is 109 Å². The van der Waals surface area contributed by atoms with Crippen LogP contribution in [0.15, 0.2) is 110 Å². The minimum Gasteiger partial charge on any atom is -0.493 e. The molecule has 0 radical (unpaired) electrons. The molecule has 0 bridgehead atoms. The maximum absolute atomic E-state index is 12.7. The van der Waals surface area contributed by atoms with E-state index in [-0.39, 0.29) is 5.91 Å². The maximum Gasteiger partial charge on any atom is 0.251 e. The van der Waals surface area contributed by atoms with Crippen LogP contribution in [0.1, 0.15) is 22.3 Å². The van der Waals surface area contributed by atoms with E-state index in [0.717, 1.165) is 45.9 Å². The van der Waals surface area contributed by atoms with Crippen molar-refractivity contribution in [2.75, 3.05) is 13.2 Å². The Bertz CT molecular complexity index is 1730. The Balaban J connectivity index is 1.02. The molecule has 0 spiro atoms. The van der Waals surface area contributed by atoms with E-state index < -0.39 is 0 Å². The molecule has 10 heteroatoms. The molecule has 3 aromatic carbocycles. The summed E-state index contributed by atoms with van der Waals surface area (Å²) in [5.41, 5.74) is 5.02. The summed E-state index contributed by atoms with van der Waals surface area (Å²) in [6.07, 6.45) is 9.23. The van der Waals surface area contributed by atoms with Crippen molar-refractivity contribution in [1.82, 2.24) is 34.6 Å². The van der Waals surface area contributed by atoms with Gasteiger partial charge in [0, 0.05) is 42.7 Å². The lowest BCUT2D eigenvalue weighted by Crippen LogP contribution is -2.22. The summed E-state index contributed by atoms with van der Waals surface area (Å²) in [6.45, 7) is 1.47. The molecule has 41 heavy (non-hydrogen) atoms. The molecule has 6 rings (SSSR count). The monoisotopic (exact) mass is 545 g/mol. The van der Waals surface area contributed by atoms with Gasteiger partial charge in [0.05, 0.1) is 29.9 Å². The molecule has 0 unspecified atom stereocenters. The lowest BCUT2D eigenvalue weighted by Gasteiger charge is -2.11. The second kappa shape index (κ2) is 12.1. The summed E-state index contributed by atoms with van der Waals surface area (Å²) in [7, 11) is 0. The van der Waals surface area contributed by atoms with E-state index in [9.17, 15) is 4.79 Å². The first-order valence-corrected chi connectivity index (χ1v) is 13.2. The third-order valence-electron chi connectivity index (χ3n) is 6.46. The first kappa shape index (κ1) is 25.8. The highest BCUT2D eigenvalue weighted by molar-refractivity contribution is 5.97. The first-order valence-electron chi connectivity index (χ1n) is 13.2. The smallest absolute Gasteiger partial charge is 0.251 e. The van der Waals surface area contributed by atoms with E-state index in [1.165, 1.54) is 0 Å². The Morgan fingerprint density at radius 3 is 2.44 bits per heavy atom. The van der Waals surface area contributed by atoms with Crippen molar-refractivity contribution in [3.8, 4) is 22.9 Å². The number of imidazole rings is 1. The maximum atomic E-state index is 12.7. The number of nitrogens with one attached hydrogen (secondary N) is 1. The van der Waals surface area contributed by atoms with Crippen LogP contribution in [0.2, 0.25) is 0 Å². The van der Waals surface area contributed by atoms with Gasteiger partial charge in [-0.1, -0.05) is 12.1 Å². The average molecular weight is 546 g/mol. The zero-order valence-corrected chi connectivity index (χ0v) is 22.1. The quantitative estimate of drug-likeness (QED) is 0.233. The molecule has 0 fully saturated rings. The second-order valence-electron chi connectivity index (χ2n) is 9.27. The second-order valence-corrected chi connectivity index (χ2v) is 9.27. The minimum atomic E-state index is -0.159. The van der Waals surface area contributed by atoms with Crippen molar-refractivity contribution < 1.29 is 14.3 Å². The Hall–Kier alpha value is -5.51. The van der Waals surface area contributed by atoms with E-state index in [1.54, 1.807) is 37.4 Å². The van der Waals surface area contributed by atoms with Crippen LogP contribution in [0.3, 0.4) is 0 Å². The molecule has 3 heterocycles. The number of aromatic nitrogens is 6. The Kier molecular flexibility index (Phi) is 7.61. The normalized spacial score (nSPS) is 10.9. The summed E-state index contributed by atoms with van der Waals surface area (Å²) in [4.78, 5) is 21.3. The van der Waals surface area contributed by atoms with Gasteiger partial charge in [-0.3, -0.25) is 18.9 Å². The van der Waals surface area contributed by atoms with Gasteiger partial charge in [-0.2, -0.15) is 0 Å². The summed E-state index contributed by atoms with van der Waals surface area (Å²) in [6, 6.07) is 24.9. The van der Waals surface area contributed by atoms with Crippen molar-refractivity contribution in [1.29, 1.82) is 0 Å². The average Bonchev–Trinajstić information content (AvgIpc) is 3.71. The number of pyridine rings is 1. The number of benzene rings is 3. The van der Waals surface area contributed by atoms with Gasteiger partial charge >= 0.3 is 0 Å². The van der Waals surface area contributed by atoms with Gasteiger partial charge in [-0.05, 0) is 66.2 Å². The van der Waals surface area contributed by atoms with Gasteiger partial charge in [-0.15, -0.1) is 10.2 Å². The molecular weight excluding hydrogens is 518 g/mol. The van der Waals surface area contributed by atoms with Crippen molar-refractivity contribution in [3.63, 3.8) is 0 Å². The number of hydrogen-bond acceptors (Lipinski definition) is 7. The van der Waals surface area contributed by atoms with Crippen LogP contribution < -0.4 is 14.8 Å². The van der Waals surface area contributed by atoms with Crippen molar-refractivity contribution in [3.05, 3.63) is 121 Å². The third kappa shape index (κ3) is 6.22. The zero-order chi connectivity index (χ0) is 27.9. The number of nitrogens with zero attached hydrogens (tertiary/aromatic N) is 6. The number of rotatable bonds is 11. The molecule has 1 amide bonds. The fourth-order valence-corrected chi connectivity index (χ4v) is 4.36. The van der Waals surface area contributed by atoms with E-state index in [0.29, 0.717) is 25.3 Å². The van der Waals surface area contributed by atoms with Gasteiger partial charge in [0.25, 0.3) is 5.91 Å². The van der Waals surface area contributed by atoms with Crippen LogP contribution in [0.25, 0.3) is 22.4 Å². The highest BCUT2D eigenvalue weighted by Gasteiger charge is 2.11. The highest BCUT2D eigenvalue weighted by Crippen LogP contribution is 2.23. The van der Waals surface area contributed by atoms with Gasteiger partial charge in [0.1, 0.15) is 30.5 Å². The van der Waals surface area contributed by atoms with Gasteiger partial charge in [-0.25, -0.2) is 4.98 Å². The zero-order valence-electron chi connectivity index (χ0n) is 22.1. The SMILES string of the molecule is O=C(NCc1cccnc1)c1ccc2c(c1)ncn2-c1cccc(OCCCOc2ccc(-n3cnnc3)cc2)c1. The molecule has 10 nitrogen and oxygen atoms in total. The predicted molar refractivity (Wildman–Crippen MR) is 153 cm³/mol. The molecule has 0 aliphatic carbocycles. The molecule has 0 aliphatic heterocycles. The lowest BCUT2D eigenvalue weighted by atomic mass is 10.1. The van der Waals surface area contributed by atoms with Crippen LogP contribution in [0.5, 0.6) is 11.5 Å². The molecule has 0 atom stereocenters. The fourth-order valence-electron chi connectivity index (χ4n) is 4.36. The van der Waals surface area contributed by atoms with Gasteiger partial charge in [0.2, 0.25) is 0 Å². The predicted octanol–water partition coefficient (Wildman–Crippen LogP) is 4.78. The van der Waals surface area contributed by atoms with Crippen LogP contribution >= 0.6 is 0 Å². The summed E-state index contributed by atoms with van der Waals surface area (Å²) < 4.78 is 15.6. The molecule has 1 N–H and O–H groups in total. The van der Waals surface area contributed by atoms with Gasteiger partial charge in [0.15, 0.2) is 0 Å². The van der Waals surface area contributed by atoms with Crippen LogP contribution in [-0.2, 0) is 6.54 Å². The number of carbonyl (C=O) groups is 1. The first-order chi connectivity index (χ1) is 20.2. The molecule has 204 valence electrons. The van der Waals surface area contributed by atoms with Crippen LogP contribution in [0, 0.1) is 0 Å². The molecule has 0 saturated heterocycles. The van der Waals surface area contributed by atoms with E-state index in [1.807, 2.05) is 81.9 Å². The Morgan fingerprint density at radius 2 is 1.63 bits per heavy atom. The summed E-state index contributed by atoms with van der Waals surface area (Å²) >= 11 is 0. The number of amides is 1. The van der Waals surface area contributed by atoms with E-state index >= 15 is 0 Å². The minimum absolute atomic E-state index is 0.159. The molecular formula is C31H27N7O3. The Labute approximate surface area is 236 Å². The summed E-state index contributed by atoms with van der Waals surface area (Å²) in [5.74, 6) is 1.40. The van der Waals surface area contributed by atoms with Crippen LogP contribution in [0.4, 0.5) is 0 Å². The molecule has 3 aromatic heterocycles. The van der Waals surface area contributed by atoms with Crippen LogP contribution in [-0.4, -0.2) is 48.4 Å². The lowest BCUT2D eigenvalue weighted by molar-refractivity contribution is 0.0951. The van der Waals surface area contributed by atoms with Crippen molar-refractivity contribution in [2.24, 2.45) is 0 Å². The third-order valence-corrected chi connectivity index (χ3v) is 6.46. The van der Waals surface area contributed by atoms with E-state index in [2.05, 4.69) is 25.5 Å². The molecule has 0 saturated carbocycles. The number of hydrogen-bond donors (Lipinski definition) is 1. The summed E-state index contributed by atoms with van der Waals surface area (Å²) in [5, 5.41) is 10.6. The highest BCUT2D eigenvalue weighted by atomic mass is 16.5. The number of ether oxygens (including phenoxy) is 2. The van der Waals surface area contributed by atoms with E-state index in [4.69, 9.17) is 9.47 Å². The molecule has 0 aliphatic rings.